The van der Waals surface area contributed by atoms with Gasteiger partial charge in [-0.05, 0) is 145 Å². The number of piperidine rings is 1. The van der Waals surface area contributed by atoms with Gasteiger partial charge in [0.1, 0.15) is 16.2 Å². The number of hydrogen-bond acceptors (Lipinski definition) is 12. The summed E-state index contributed by atoms with van der Waals surface area (Å²) in [5.41, 5.74) is 24.5. The quantitative estimate of drug-likeness (QED) is 0.158. The Morgan fingerprint density at radius 3 is 1.31 bits per heavy atom. The minimum absolute atomic E-state index is 0.0346. The van der Waals surface area contributed by atoms with Crippen LogP contribution in [0.2, 0.25) is 0 Å². The van der Waals surface area contributed by atoms with Crippen molar-refractivity contribution >= 4 is 55.4 Å². The number of nitrogens with zero attached hydrogens (tertiary/aromatic N) is 9. The molecule has 0 amide bonds. The number of rotatable bonds is 0. The zero-order chi connectivity index (χ0) is 83.3. The van der Waals surface area contributed by atoms with Gasteiger partial charge in [-0.1, -0.05) is 315 Å². The van der Waals surface area contributed by atoms with Gasteiger partial charge < -0.3 is 5.32 Å². The standard InChI is InChI=1S/C14H21N3.2C14H20N2S.C14H23N.C14H22.C13H27N.C13H21N/c1-13(2,3)10-9-7-8-15-11(9)17-12(16-10)14(4,5)6;1-13(2,3)9-7-10(14(4,5)6)16-12-11(9)17-8-15-12;1-13(2,3)9-7-10(14(4,5)6)16-12-11(9)15-8-17-12;1-10-8-11(13(2,3)4)9-12(15-10)14(5,6)7;1-13(2,3)11-8-7-9-12(10-11)14(4,5)6;2*1-12(2,3)10-7-8-14-11(9-10)13(4,5)6/h8H,7H2,1-6H3;2*7-8H,1-6H3;8-9H,1-7H3;7-10H,1-6H3;10-11,14H,7-9H2,1-6H3;7-9H,1-6H3. The molecule has 0 spiro atoms. The molecular formula is C96H154N10S2. The van der Waals surface area contributed by atoms with Gasteiger partial charge in [-0.15, -0.1) is 22.7 Å². The minimum Gasteiger partial charge on any atom is -0.313 e. The molecule has 0 bridgehead atoms. The number of fused-ring (bicyclic) bond motifs is 3. The lowest BCUT2D eigenvalue weighted by molar-refractivity contribution is 0.114. The number of benzene rings is 1. The second kappa shape index (κ2) is 34.7. The number of aryl methyl sites for hydroxylation is 1. The molecule has 0 radical (unpaired) electrons. The molecule has 12 heteroatoms. The molecular weight excluding hydrogens is 1360 g/mol. The van der Waals surface area contributed by atoms with Crippen molar-refractivity contribution in [1.82, 2.24) is 45.2 Å². The Morgan fingerprint density at radius 1 is 0.389 bits per heavy atom. The number of aromatic nitrogens is 8. The van der Waals surface area contributed by atoms with Crippen molar-refractivity contribution in [1.29, 1.82) is 0 Å². The molecule has 1 fully saturated rings. The molecule has 1 aromatic carbocycles. The van der Waals surface area contributed by atoms with E-state index in [0.29, 0.717) is 16.9 Å². The molecule has 9 heterocycles. The lowest BCUT2D eigenvalue weighted by atomic mass is 9.69. The molecule has 0 saturated carbocycles. The average molecular weight is 1510 g/mol. The van der Waals surface area contributed by atoms with E-state index in [1.165, 1.54) is 74.4 Å². The number of aliphatic imine (C=N–C) groups is 1. The summed E-state index contributed by atoms with van der Waals surface area (Å²) in [5, 5.41) is 3.66. The first kappa shape index (κ1) is 94.7. The second-order valence-corrected chi connectivity index (χ2v) is 46.9. The van der Waals surface area contributed by atoms with Gasteiger partial charge in [0.15, 0.2) is 11.5 Å². The van der Waals surface area contributed by atoms with Crippen LogP contribution in [0.3, 0.4) is 0 Å². The Morgan fingerprint density at radius 2 is 0.852 bits per heavy atom. The predicted molar refractivity (Wildman–Crippen MR) is 476 cm³/mol. The highest BCUT2D eigenvalue weighted by atomic mass is 32.1. The summed E-state index contributed by atoms with van der Waals surface area (Å²) in [7, 11) is 0. The third-order valence-electron chi connectivity index (χ3n) is 19.9. The van der Waals surface area contributed by atoms with Crippen LogP contribution in [0, 0.1) is 23.7 Å². The van der Waals surface area contributed by atoms with E-state index in [4.69, 9.17) is 9.97 Å². The van der Waals surface area contributed by atoms with Gasteiger partial charge in [-0.2, -0.15) is 0 Å². The van der Waals surface area contributed by atoms with E-state index in [1.807, 2.05) is 23.4 Å². The largest absolute Gasteiger partial charge is 0.313 e. The zero-order valence-corrected chi connectivity index (χ0v) is 78.5. The molecule has 2 aliphatic rings. The highest BCUT2D eigenvalue weighted by Gasteiger charge is 2.36. The summed E-state index contributed by atoms with van der Waals surface area (Å²) in [6, 6.07) is 22.9. The molecule has 2 aliphatic heterocycles. The Bertz CT molecular complexity index is 3950. The Balaban J connectivity index is 0.000000267. The molecule has 1 saturated heterocycles. The lowest BCUT2D eigenvalue weighted by Crippen LogP contribution is -2.48. The summed E-state index contributed by atoms with van der Waals surface area (Å²) in [5.74, 6) is 2.64. The van der Waals surface area contributed by atoms with E-state index < -0.39 is 0 Å². The van der Waals surface area contributed by atoms with E-state index in [-0.39, 0.29) is 65.0 Å². The van der Waals surface area contributed by atoms with Crippen molar-refractivity contribution in [2.45, 2.75) is 388 Å². The molecule has 10 nitrogen and oxygen atoms in total. The maximum Gasteiger partial charge on any atom is 0.170 e. The maximum atomic E-state index is 4.80. The van der Waals surface area contributed by atoms with Crippen LogP contribution in [0.4, 0.5) is 5.82 Å². The van der Waals surface area contributed by atoms with Crippen LogP contribution in [0.25, 0.3) is 20.7 Å². The fourth-order valence-electron chi connectivity index (χ4n) is 12.2. The van der Waals surface area contributed by atoms with E-state index in [9.17, 15) is 0 Å². The number of nitrogens with one attached hydrogen (secondary N) is 1. The Kier molecular flexibility index (Phi) is 30.5. The highest BCUT2D eigenvalue weighted by molar-refractivity contribution is 7.17. The molecule has 108 heavy (non-hydrogen) atoms. The van der Waals surface area contributed by atoms with Gasteiger partial charge in [0.25, 0.3) is 0 Å². The third-order valence-corrected chi connectivity index (χ3v) is 21.5. The first-order valence-corrected chi connectivity index (χ1v) is 41.8. The van der Waals surface area contributed by atoms with Crippen LogP contribution >= 0.6 is 22.7 Å². The zero-order valence-electron chi connectivity index (χ0n) is 76.9. The maximum absolute atomic E-state index is 4.80. The van der Waals surface area contributed by atoms with Gasteiger partial charge in [0.2, 0.25) is 0 Å². The second-order valence-electron chi connectivity index (χ2n) is 45.2. The molecule has 600 valence electrons. The number of pyridine rings is 4. The van der Waals surface area contributed by atoms with Gasteiger partial charge in [0, 0.05) is 91.4 Å². The number of hydrogen-bond donors (Lipinski definition) is 1. The summed E-state index contributed by atoms with van der Waals surface area (Å²) >= 11 is 3.31. The topological polar surface area (TPSA) is 128 Å². The SMILES string of the molecule is CC(C)(C)C1CCNC(C(C)(C)C)C1.CC(C)(C)c1cc(C(C)(C)C)c2ncsc2n1.CC(C)(C)c1cc(C(C)(C)C)c2scnc2n1.CC(C)(C)c1cccc(C(C)(C)C)c1.CC(C)(C)c1ccnc(C(C)(C)C)c1.CC(C)(C)c1nc2c(c(C(C)(C)C)n1)CC=N2.Cc1cc(C(C)(C)C)cc(C(C)(C)C)n1. The van der Waals surface area contributed by atoms with Crippen LogP contribution < -0.4 is 5.32 Å². The normalized spacial score (nSPS) is 15.7. The highest BCUT2D eigenvalue weighted by Crippen LogP contribution is 2.41. The monoisotopic (exact) mass is 1510 g/mol. The molecule has 8 aromatic rings. The Hall–Kier alpha value is -5.69. The molecule has 7 aromatic heterocycles. The van der Waals surface area contributed by atoms with Gasteiger partial charge >= 0.3 is 0 Å². The lowest BCUT2D eigenvalue weighted by Gasteiger charge is -2.43. The van der Waals surface area contributed by atoms with E-state index >= 15 is 0 Å². The smallest absolute Gasteiger partial charge is 0.170 e. The fraction of sp³-hybridized carbons (Fsp3) is 0.656. The van der Waals surface area contributed by atoms with Crippen molar-refractivity contribution < 1.29 is 0 Å². The Labute approximate surface area is 669 Å². The molecule has 10 rings (SSSR count). The van der Waals surface area contributed by atoms with Crippen molar-refractivity contribution in [3.8, 4) is 0 Å². The first-order chi connectivity index (χ1) is 48.3. The summed E-state index contributed by atoms with van der Waals surface area (Å²) < 4.78 is 1.23. The van der Waals surface area contributed by atoms with Crippen molar-refractivity contribution in [3.63, 3.8) is 0 Å². The predicted octanol–water partition coefficient (Wildman–Crippen LogP) is 27.3. The van der Waals surface area contributed by atoms with Crippen molar-refractivity contribution in [3.05, 3.63) is 157 Å². The van der Waals surface area contributed by atoms with E-state index in [1.54, 1.807) is 22.7 Å². The average Bonchev–Trinajstić information content (AvgIpc) is 1.58. The van der Waals surface area contributed by atoms with Gasteiger partial charge in [-0.25, -0.2) is 34.9 Å². The van der Waals surface area contributed by atoms with Crippen LogP contribution in [0.15, 0.2) is 82.9 Å². The fourth-order valence-corrected chi connectivity index (χ4v) is 13.8. The first-order valence-electron chi connectivity index (χ1n) is 40.1. The van der Waals surface area contributed by atoms with Crippen molar-refractivity contribution in [2.24, 2.45) is 21.7 Å². The molecule has 2 atom stereocenters. The van der Waals surface area contributed by atoms with Gasteiger partial charge in [0.05, 0.1) is 21.4 Å². The molecule has 2 unspecified atom stereocenters. The van der Waals surface area contributed by atoms with E-state index in [0.717, 1.165) is 62.8 Å². The summed E-state index contributed by atoms with van der Waals surface area (Å²) in [6.45, 7) is 97.2. The van der Waals surface area contributed by atoms with E-state index in [2.05, 4.69) is 399 Å². The molecule has 1 N–H and O–H groups in total. The number of thiazole rings is 2. The van der Waals surface area contributed by atoms with Crippen LogP contribution in [0.5, 0.6) is 0 Å². The van der Waals surface area contributed by atoms with Crippen molar-refractivity contribution in [2.75, 3.05) is 6.54 Å². The summed E-state index contributed by atoms with van der Waals surface area (Å²) in [4.78, 5) is 42.1. The van der Waals surface area contributed by atoms with Crippen LogP contribution in [-0.2, 0) is 71.4 Å². The molecule has 0 aliphatic carbocycles. The van der Waals surface area contributed by atoms with Crippen LogP contribution in [-0.4, -0.2) is 58.7 Å². The third kappa shape index (κ3) is 28.5. The van der Waals surface area contributed by atoms with Crippen LogP contribution in [0.1, 0.15) is 383 Å². The minimum atomic E-state index is -0.0346. The van der Waals surface area contributed by atoms with Gasteiger partial charge in [-0.3, -0.25) is 9.97 Å². The summed E-state index contributed by atoms with van der Waals surface area (Å²) in [6.07, 6.45) is 7.40.